The third-order valence-electron chi connectivity index (χ3n) is 1.21. The first-order chi connectivity index (χ1) is 5.45. The Morgan fingerprint density at radius 1 is 1.33 bits per heavy atom. The van der Waals surface area contributed by atoms with E-state index in [2.05, 4.69) is 6.92 Å². The second-order valence-corrected chi connectivity index (χ2v) is 8.22. The molecule has 0 fully saturated rings. The Morgan fingerprint density at radius 2 is 1.92 bits per heavy atom. The maximum atomic E-state index is 9.20. The van der Waals surface area contributed by atoms with E-state index in [1.165, 1.54) is 0 Å². The normalized spacial score (nSPS) is 11.8. The molecule has 0 aliphatic heterocycles. The van der Waals surface area contributed by atoms with Crippen molar-refractivity contribution in [3.8, 4) is 0 Å². The molecule has 0 bridgehead atoms. The highest BCUT2D eigenvalue weighted by Crippen LogP contribution is 2.04. The van der Waals surface area contributed by atoms with Gasteiger partial charge in [-0.15, -0.1) is 0 Å². The molecule has 0 unspecified atom stereocenters. The minimum Gasteiger partial charge on any atom is -0.428 e. The first kappa shape index (κ1) is 12.2. The van der Waals surface area contributed by atoms with Crippen LogP contribution in [0.4, 0.5) is 0 Å². The van der Waals surface area contributed by atoms with Gasteiger partial charge in [-0.1, -0.05) is 13.3 Å². The summed E-state index contributed by atoms with van der Waals surface area (Å²) in [7, 11) is -2.68. The molecule has 72 valence electrons. The third kappa shape index (κ3) is 8.26. The van der Waals surface area contributed by atoms with Crippen LogP contribution in [0.5, 0.6) is 0 Å². The lowest BCUT2D eigenvalue weighted by molar-refractivity contribution is 0.188. The van der Waals surface area contributed by atoms with E-state index in [-0.39, 0.29) is 0 Å². The fourth-order valence-electron chi connectivity index (χ4n) is 0.665. The van der Waals surface area contributed by atoms with Gasteiger partial charge in [0.2, 0.25) is 0 Å². The molecule has 0 aromatic rings. The fourth-order valence-corrected chi connectivity index (χ4v) is 1.34. The summed E-state index contributed by atoms with van der Waals surface area (Å²) in [5, 5.41) is 9.20. The van der Waals surface area contributed by atoms with Crippen LogP contribution in [-0.2, 0) is 9.00 Å². The SMILES string of the molecule is CCCCOB(O)O[Si](C)(C)C. The van der Waals surface area contributed by atoms with E-state index in [0.717, 1.165) is 12.8 Å². The van der Waals surface area contributed by atoms with Gasteiger partial charge in [-0.3, -0.25) is 0 Å². The Morgan fingerprint density at radius 3 is 2.33 bits per heavy atom. The molecule has 3 nitrogen and oxygen atoms in total. The molecule has 0 aliphatic rings. The molecule has 12 heavy (non-hydrogen) atoms. The molecule has 1 N–H and O–H groups in total. The lowest BCUT2D eigenvalue weighted by Gasteiger charge is -2.19. The molecule has 0 saturated carbocycles. The Kier molecular flexibility index (Phi) is 5.82. The molecule has 0 atom stereocenters. The fraction of sp³-hybridized carbons (Fsp3) is 1.00. The Bertz CT molecular complexity index is 116. The van der Waals surface area contributed by atoms with Gasteiger partial charge < -0.3 is 14.0 Å². The van der Waals surface area contributed by atoms with Gasteiger partial charge in [-0.05, 0) is 26.1 Å². The second-order valence-electron chi connectivity index (χ2n) is 3.76. The molecular formula is C7H19BO3Si. The van der Waals surface area contributed by atoms with Gasteiger partial charge >= 0.3 is 7.32 Å². The molecule has 0 amide bonds. The smallest absolute Gasteiger partial charge is 0.428 e. The van der Waals surface area contributed by atoms with Crippen LogP contribution in [0.1, 0.15) is 19.8 Å². The van der Waals surface area contributed by atoms with Crippen LogP contribution in [-0.4, -0.2) is 27.3 Å². The van der Waals surface area contributed by atoms with Gasteiger partial charge in [0.15, 0.2) is 8.32 Å². The van der Waals surface area contributed by atoms with E-state index < -0.39 is 15.6 Å². The van der Waals surface area contributed by atoms with Crippen molar-refractivity contribution in [1.82, 2.24) is 0 Å². The van der Waals surface area contributed by atoms with E-state index in [4.69, 9.17) is 9.00 Å². The van der Waals surface area contributed by atoms with Crippen LogP contribution in [0.25, 0.3) is 0 Å². The second kappa shape index (κ2) is 5.75. The molecule has 0 spiro atoms. The molecule has 0 aliphatic carbocycles. The van der Waals surface area contributed by atoms with Gasteiger partial charge in [0.05, 0.1) is 0 Å². The average molecular weight is 190 g/mol. The Labute approximate surface area is 76.4 Å². The van der Waals surface area contributed by atoms with Crippen LogP contribution in [0.2, 0.25) is 19.6 Å². The van der Waals surface area contributed by atoms with Crippen molar-refractivity contribution in [2.24, 2.45) is 0 Å². The minimum atomic E-state index is -1.66. The maximum Gasteiger partial charge on any atom is 0.625 e. The lowest BCUT2D eigenvalue weighted by atomic mass is 10.2. The Hall–Kier alpha value is 0.162. The lowest BCUT2D eigenvalue weighted by Crippen LogP contribution is -2.37. The predicted octanol–water partition coefficient (Wildman–Crippen LogP) is 1.63. The molecular weight excluding hydrogens is 171 g/mol. The highest BCUT2D eigenvalue weighted by atomic mass is 28.4. The summed E-state index contributed by atoms with van der Waals surface area (Å²) in [5.41, 5.74) is 0. The van der Waals surface area contributed by atoms with Crippen molar-refractivity contribution in [2.45, 2.75) is 39.4 Å². The molecule has 0 heterocycles. The monoisotopic (exact) mass is 190 g/mol. The topological polar surface area (TPSA) is 38.7 Å². The van der Waals surface area contributed by atoms with Crippen LogP contribution in [0.15, 0.2) is 0 Å². The van der Waals surface area contributed by atoms with Crippen molar-refractivity contribution in [1.29, 1.82) is 0 Å². The zero-order chi connectivity index (χ0) is 9.61. The summed E-state index contributed by atoms with van der Waals surface area (Å²) in [6, 6.07) is 0. The minimum absolute atomic E-state index is 0.572. The first-order valence-corrected chi connectivity index (χ1v) is 7.84. The number of hydrogen-bond donors (Lipinski definition) is 1. The highest BCUT2D eigenvalue weighted by Gasteiger charge is 2.25. The average Bonchev–Trinajstić information content (AvgIpc) is 1.84. The predicted molar refractivity (Wildman–Crippen MR) is 53.3 cm³/mol. The molecule has 0 rings (SSSR count). The van der Waals surface area contributed by atoms with Gasteiger partial charge in [-0.25, -0.2) is 0 Å². The summed E-state index contributed by atoms with van der Waals surface area (Å²) in [5.74, 6) is 0. The summed E-state index contributed by atoms with van der Waals surface area (Å²) in [6.07, 6.45) is 2.03. The van der Waals surface area contributed by atoms with Gasteiger partial charge in [-0.2, -0.15) is 0 Å². The molecule has 0 aromatic heterocycles. The highest BCUT2D eigenvalue weighted by molar-refractivity contribution is 6.74. The quantitative estimate of drug-likeness (QED) is 0.511. The molecule has 0 aromatic carbocycles. The molecule has 0 radical (unpaired) electrons. The standard InChI is InChI=1S/C7H19BO3Si/c1-5-6-7-10-8(9)11-12(2,3)4/h9H,5-7H2,1-4H3. The number of unbranched alkanes of at least 4 members (excludes halogenated alkanes) is 1. The Balaban J connectivity index is 3.40. The zero-order valence-corrected chi connectivity index (χ0v) is 9.46. The summed E-state index contributed by atoms with van der Waals surface area (Å²) in [6.45, 7) is 8.69. The number of hydrogen-bond acceptors (Lipinski definition) is 3. The first-order valence-electron chi connectivity index (χ1n) is 4.43. The van der Waals surface area contributed by atoms with Crippen molar-refractivity contribution in [2.75, 3.05) is 6.61 Å². The van der Waals surface area contributed by atoms with E-state index in [1.807, 2.05) is 19.6 Å². The summed E-state index contributed by atoms with van der Waals surface area (Å²) in [4.78, 5) is 0. The molecule has 0 saturated heterocycles. The van der Waals surface area contributed by atoms with Crippen LogP contribution in [0.3, 0.4) is 0 Å². The van der Waals surface area contributed by atoms with Crippen LogP contribution >= 0.6 is 0 Å². The van der Waals surface area contributed by atoms with E-state index >= 15 is 0 Å². The largest absolute Gasteiger partial charge is 0.625 e. The maximum absolute atomic E-state index is 9.20. The van der Waals surface area contributed by atoms with Gasteiger partial charge in [0.1, 0.15) is 0 Å². The van der Waals surface area contributed by atoms with E-state index in [0.29, 0.717) is 6.61 Å². The van der Waals surface area contributed by atoms with Crippen molar-refractivity contribution in [3.63, 3.8) is 0 Å². The number of rotatable bonds is 6. The van der Waals surface area contributed by atoms with Gasteiger partial charge in [0, 0.05) is 6.61 Å². The van der Waals surface area contributed by atoms with Gasteiger partial charge in [0.25, 0.3) is 0 Å². The van der Waals surface area contributed by atoms with Crippen molar-refractivity contribution in [3.05, 3.63) is 0 Å². The van der Waals surface area contributed by atoms with Crippen molar-refractivity contribution < 1.29 is 14.0 Å². The summed E-state index contributed by atoms with van der Waals surface area (Å²) < 4.78 is 10.3. The van der Waals surface area contributed by atoms with Crippen molar-refractivity contribution >= 4 is 15.6 Å². The van der Waals surface area contributed by atoms with Crippen LogP contribution in [0, 0.1) is 0 Å². The summed E-state index contributed by atoms with van der Waals surface area (Å²) >= 11 is 0. The van der Waals surface area contributed by atoms with E-state index in [1.54, 1.807) is 0 Å². The zero-order valence-electron chi connectivity index (χ0n) is 8.46. The van der Waals surface area contributed by atoms with Crippen LogP contribution < -0.4 is 0 Å². The molecule has 5 heteroatoms. The third-order valence-corrected chi connectivity index (χ3v) is 2.12. The van der Waals surface area contributed by atoms with E-state index in [9.17, 15) is 5.02 Å².